The predicted octanol–water partition coefficient (Wildman–Crippen LogP) is 8.52. The van der Waals surface area contributed by atoms with Gasteiger partial charge in [0, 0.05) is 26.0 Å². The van der Waals surface area contributed by atoms with E-state index < -0.39 is 52.0 Å². The normalized spacial score (nSPS) is 22.2. The number of carbonyl (C=O) groups is 3. The maximum Gasteiger partial charge on any atom is 0.330 e. The van der Waals surface area contributed by atoms with Crippen molar-refractivity contribution in [3.8, 4) is 0 Å². The highest BCUT2D eigenvalue weighted by Crippen LogP contribution is 2.47. The summed E-state index contributed by atoms with van der Waals surface area (Å²) in [7, 11) is -1.20. The fourth-order valence-electron chi connectivity index (χ4n) is 6.77. The number of ether oxygens (including phenoxy) is 4. The summed E-state index contributed by atoms with van der Waals surface area (Å²) >= 11 is 0. The number of rotatable bonds is 24. The van der Waals surface area contributed by atoms with Crippen LogP contribution < -0.4 is 0 Å². The maximum absolute atomic E-state index is 13.3. The van der Waals surface area contributed by atoms with Gasteiger partial charge in [0.2, 0.25) is 5.79 Å². The van der Waals surface area contributed by atoms with Gasteiger partial charge in [0.25, 0.3) is 0 Å². The van der Waals surface area contributed by atoms with Crippen LogP contribution in [0.25, 0.3) is 0 Å². The van der Waals surface area contributed by atoms with Gasteiger partial charge in [-0.15, -0.1) is 0 Å². The Morgan fingerprint density at radius 2 is 1.49 bits per heavy atom. The first-order chi connectivity index (χ1) is 22.3. The van der Waals surface area contributed by atoms with E-state index in [0.717, 1.165) is 68.2 Å². The van der Waals surface area contributed by atoms with Gasteiger partial charge in [-0.3, -0.25) is 4.79 Å². The average Bonchev–Trinajstić information content (AvgIpc) is 3.08. The van der Waals surface area contributed by atoms with Crippen molar-refractivity contribution in [2.45, 2.75) is 174 Å². The molecule has 0 spiro atoms. The number of unbranched alkanes of at least 4 members (excludes halogenated alkanes) is 4. The zero-order chi connectivity index (χ0) is 35.7. The van der Waals surface area contributed by atoms with E-state index in [2.05, 4.69) is 48.5 Å². The molecule has 274 valence electrons. The van der Waals surface area contributed by atoms with Gasteiger partial charge >= 0.3 is 11.9 Å². The van der Waals surface area contributed by atoms with Gasteiger partial charge < -0.3 is 32.6 Å². The topological polar surface area (TPSA) is 107 Å². The van der Waals surface area contributed by atoms with Crippen molar-refractivity contribution in [3.63, 3.8) is 0 Å². The van der Waals surface area contributed by atoms with Crippen LogP contribution in [0.3, 0.4) is 0 Å². The Balaban J connectivity index is 3.62. The first-order valence-electron chi connectivity index (χ1n) is 18.3. The van der Waals surface area contributed by atoms with Gasteiger partial charge in [0.15, 0.2) is 22.7 Å². The molecule has 0 amide bonds. The Labute approximate surface area is 288 Å². The smallest absolute Gasteiger partial charge is 0.330 e. The molecule has 1 fully saturated rings. The fraction of sp³-hybridized carbons (Fsp3) is 0.861. The van der Waals surface area contributed by atoms with Crippen molar-refractivity contribution >= 4 is 34.9 Å². The largest absolute Gasteiger partial charge is 0.466 e. The third-order valence-corrected chi connectivity index (χ3v) is 19.9. The summed E-state index contributed by atoms with van der Waals surface area (Å²) in [5, 5.41) is 0. The molecule has 1 saturated heterocycles. The molecule has 1 heterocycles. The SMILES string of the molecule is CCCCCCCC(=O)O[C@H]1/C(=C/C(=O)OC)C[C@@H](CC(CO[Si](CC)(CC)CC)O[Si](CC)(CC)CC)O[C@@]1(OC)C(C)(C)C=O. The van der Waals surface area contributed by atoms with Crippen LogP contribution in [0.4, 0.5) is 0 Å². The van der Waals surface area contributed by atoms with Crippen LogP contribution in [0.15, 0.2) is 11.6 Å². The summed E-state index contributed by atoms with van der Waals surface area (Å²) in [5.41, 5.74) is -0.758. The molecule has 9 nitrogen and oxygen atoms in total. The molecule has 0 aromatic heterocycles. The van der Waals surface area contributed by atoms with Crippen LogP contribution in [0, 0.1) is 5.41 Å². The zero-order valence-corrected chi connectivity index (χ0v) is 33.7. The monoisotopic (exact) mass is 700 g/mol. The second-order valence-corrected chi connectivity index (χ2v) is 23.2. The van der Waals surface area contributed by atoms with Gasteiger partial charge in [-0.25, -0.2) is 4.79 Å². The summed E-state index contributed by atoms with van der Waals surface area (Å²) in [6.07, 6.45) is 6.10. The molecule has 0 aromatic carbocycles. The molecule has 1 aliphatic heterocycles. The quantitative estimate of drug-likeness (QED) is 0.0322. The van der Waals surface area contributed by atoms with Crippen LogP contribution in [-0.4, -0.2) is 79.8 Å². The first kappa shape index (κ1) is 43.6. The molecule has 0 saturated carbocycles. The van der Waals surface area contributed by atoms with Crippen LogP contribution in [0.1, 0.15) is 114 Å². The molecule has 0 bridgehead atoms. The molecule has 0 N–H and O–H groups in total. The van der Waals surface area contributed by atoms with Crippen molar-refractivity contribution in [1.82, 2.24) is 0 Å². The lowest BCUT2D eigenvalue weighted by atomic mass is 9.75. The highest BCUT2D eigenvalue weighted by Gasteiger charge is 2.60. The van der Waals surface area contributed by atoms with Gasteiger partial charge in [0.05, 0.1) is 31.3 Å². The van der Waals surface area contributed by atoms with Gasteiger partial charge in [-0.05, 0) is 68.5 Å². The van der Waals surface area contributed by atoms with E-state index in [-0.39, 0.29) is 18.9 Å². The Bertz CT molecular complexity index is 961. The molecule has 1 unspecified atom stereocenters. The van der Waals surface area contributed by atoms with Crippen molar-refractivity contribution in [3.05, 3.63) is 11.6 Å². The van der Waals surface area contributed by atoms with Crippen molar-refractivity contribution in [2.24, 2.45) is 5.41 Å². The molecular weight excluding hydrogens is 633 g/mol. The van der Waals surface area contributed by atoms with Crippen molar-refractivity contribution in [1.29, 1.82) is 0 Å². The number of esters is 2. The van der Waals surface area contributed by atoms with E-state index in [1.54, 1.807) is 13.8 Å². The number of hydrogen-bond donors (Lipinski definition) is 0. The van der Waals surface area contributed by atoms with Crippen LogP contribution >= 0.6 is 0 Å². The number of methoxy groups -OCH3 is 2. The van der Waals surface area contributed by atoms with E-state index in [1.165, 1.54) is 20.3 Å². The van der Waals surface area contributed by atoms with Crippen LogP contribution in [-0.2, 0) is 42.2 Å². The van der Waals surface area contributed by atoms with Gasteiger partial charge in [0.1, 0.15) is 6.29 Å². The average molecular weight is 701 g/mol. The highest BCUT2D eigenvalue weighted by atomic mass is 28.4. The molecule has 1 rings (SSSR count). The van der Waals surface area contributed by atoms with Gasteiger partial charge in [-0.1, -0.05) is 74.1 Å². The second-order valence-electron chi connectivity index (χ2n) is 13.7. The molecule has 0 radical (unpaired) electrons. The standard InChI is InChI=1S/C36H68O9Si2/c1-12-19-20-21-22-23-32(38)43-34-29(25-33(39)40-10)24-30(44-36(34,41-11)35(8,9)28-37)26-31(45-47(16-5,17-6)18-7)27-42-46(13-2,14-3)15-4/h25,28,30-31,34H,12-24,26-27H2,1-11H3/b29-25+/t30-,31?,34-,36+/m0/s1. The lowest BCUT2D eigenvalue weighted by molar-refractivity contribution is -0.337. The Morgan fingerprint density at radius 1 is 0.915 bits per heavy atom. The number of carbonyl (C=O) groups excluding carboxylic acids is 3. The minimum absolute atomic E-state index is 0.222. The minimum atomic E-state index is -2.05. The van der Waals surface area contributed by atoms with Gasteiger partial charge in [-0.2, -0.15) is 0 Å². The van der Waals surface area contributed by atoms with Crippen molar-refractivity contribution < 1.29 is 42.2 Å². The molecule has 1 aliphatic rings. The second kappa shape index (κ2) is 21.0. The summed E-state index contributed by atoms with van der Waals surface area (Å²) in [6.45, 7) is 19.3. The lowest BCUT2D eigenvalue weighted by Gasteiger charge is -2.52. The molecule has 0 aromatic rings. The summed E-state index contributed by atoms with van der Waals surface area (Å²) in [5.74, 6) is -2.69. The Morgan fingerprint density at radius 3 is 1.98 bits per heavy atom. The fourth-order valence-corrected chi connectivity index (χ4v) is 12.3. The van der Waals surface area contributed by atoms with E-state index in [4.69, 9.17) is 27.8 Å². The number of hydrogen-bond acceptors (Lipinski definition) is 9. The molecule has 0 aliphatic carbocycles. The van der Waals surface area contributed by atoms with E-state index >= 15 is 0 Å². The maximum atomic E-state index is 13.3. The third kappa shape index (κ3) is 11.9. The third-order valence-electron chi connectivity index (χ3n) is 10.6. The summed E-state index contributed by atoms with van der Waals surface area (Å²) in [4.78, 5) is 38.7. The summed E-state index contributed by atoms with van der Waals surface area (Å²) in [6, 6.07) is 6.06. The lowest BCUT2D eigenvalue weighted by Crippen LogP contribution is -2.64. The first-order valence-corrected chi connectivity index (χ1v) is 23.3. The predicted molar refractivity (Wildman–Crippen MR) is 192 cm³/mol. The van der Waals surface area contributed by atoms with Crippen LogP contribution in [0.2, 0.25) is 36.3 Å². The number of aldehydes is 1. The Kier molecular flexibility index (Phi) is 19.5. The highest BCUT2D eigenvalue weighted by molar-refractivity contribution is 6.74. The molecule has 4 atom stereocenters. The van der Waals surface area contributed by atoms with E-state index in [0.29, 0.717) is 25.0 Å². The van der Waals surface area contributed by atoms with Crippen molar-refractivity contribution in [2.75, 3.05) is 20.8 Å². The molecule has 11 heteroatoms. The van der Waals surface area contributed by atoms with E-state index in [9.17, 15) is 14.4 Å². The Hall–Kier alpha value is -1.38. The minimum Gasteiger partial charge on any atom is -0.466 e. The molecular formula is C36H68O9Si2. The molecule has 47 heavy (non-hydrogen) atoms. The van der Waals surface area contributed by atoms with E-state index in [1.807, 2.05) is 0 Å². The summed E-state index contributed by atoms with van der Waals surface area (Å²) < 4.78 is 37.9. The van der Waals surface area contributed by atoms with Crippen LogP contribution in [0.5, 0.6) is 0 Å². The zero-order valence-electron chi connectivity index (χ0n) is 31.7.